The molecule has 1 unspecified atom stereocenters. The van der Waals surface area contributed by atoms with E-state index in [2.05, 4.69) is 0 Å². The molecule has 1 aromatic rings. The molecule has 2 rings (SSSR count). The minimum atomic E-state index is 0.0942. The van der Waals surface area contributed by atoms with Crippen LogP contribution in [0.2, 0.25) is 0 Å². The van der Waals surface area contributed by atoms with Crippen LogP contribution in [0.15, 0.2) is 12.1 Å². The fourth-order valence-corrected chi connectivity index (χ4v) is 2.50. The second-order valence-corrected chi connectivity index (χ2v) is 5.48. The van der Waals surface area contributed by atoms with Gasteiger partial charge in [0.15, 0.2) is 11.5 Å². The first-order valence-electron chi connectivity index (χ1n) is 6.91. The van der Waals surface area contributed by atoms with E-state index < -0.39 is 0 Å². The van der Waals surface area contributed by atoms with E-state index in [0.29, 0.717) is 12.2 Å². The second kappa shape index (κ2) is 5.64. The van der Waals surface area contributed by atoms with Gasteiger partial charge in [0.2, 0.25) is 0 Å². The van der Waals surface area contributed by atoms with Crippen molar-refractivity contribution in [3.63, 3.8) is 0 Å². The van der Waals surface area contributed by atoms with Gasteiger partial charge in [-0.2, -0.15) is 0 Å². The normalized spacial score (nSPS) is 19.0. The summed E-state index contributed by atoms with van der Waals surface area (Å²) in [5.41, 5.74) is 2.23. The topological polar surface area (TPSA) is 35.5 Å². The highest BCUT2D eigenvalue weighted by Crippen LogP contribution is 2.37. The van der Waals surface area contributed by atoms with Crippen LogP contribution in [0.5, 0.6) is 11.5 Å². The van der Waals surface area contributed by atoms with Gasteiger partial charge >= 0.3 is 0 Å². The Hall–Kier alpha value is -1.51. The smallest absolute Gasteiger partial charge is 0.165 e. The Labute approximate surface area is 114 Å². The lowest BCUT2D eigenvalue weighted by molar-refractivity contribution is -0.121. The van der Waals surface area contributed by atoms with Crippen molar-refractivity contribution in [2.45, 2.75) is 46.1 Å². The number of methoxy groups -OCH3 is 1. The van der Waals surface area contributed by atoms with E-state index >= 15 is 0 Å². The summed E-state index contributed by atoms with van der Waals surface area (Å²) in [5, 5.41) is 0. The van der Waals surface area contributed by atoms with E-state index in [1.807, 2.05) is 32.9 Å². The Morgan fingerprint density at radius 2 is 2.05 bits per heavy atom. The van der Waals surface area contributed by atoms with E-state index in [4.69, 9.17) is 9.47 Å². The Bertz CT molecular complexity index is 477. The number of rotatable bonds is 3. The number of ether oxygens (including phenoxy) is 2. The molecule has 0 radical (unpaired) electrons. The third-order valence-electron chi connectivity index (χ3n) is 3.64. The van der Waals surface area contributed by atoms with Gasteiger partial charge in [-0.15, -0.1) is 0 Å². The van der Waals surface area contributed by atoms with Gasteiger partial charge in [-0.1, -0.05) is 13.0 Å². The van der Waals surface area contributed by atoms with Crippen LogP contribution < -0.4 is 9.47 Å². The summed E-state index contributed by atoms with van der Waals surface area (Å²) in [6, 6.07) is 3.90. The minimum absolute atomic E-state index is 0.0942. The molecule has 1 aliphatic rings. The van der Waals surface area contributed by atoms with Gasteiger partial charge in [-0.05, 0) is 38.3 Å². The van der Waals surface area contributed by atoms with Crippen molar-refractivity contribution in [2.24, 2.45) is 5.92 Å². The first kappa shape index (κ1) is 13.9. The van der Waals surface area contributed by atoms with Crippen LogP contribution in [0.3, 0.4) is 0 Å². The molecular weight excluding hydrogens is 240 g/mol. The third kappa shape index (κ3) is 2.91. The SMILES string of the molecule is COc1ccc2c(c1OC(C)C)CCC(C)C(=O)C2. The molecule has 3 heteroatoms. The average Bonchev–Trinajstić information content (AvgIpc) is 2.50. The number of ketones is 1. The van der Waals surface area contributed by atoms with E-state index in [1.165, 1.54) is 0 Å². The second-order valence-electron chi connectivity index (χ2n) is 5.48. The van der Waals surface area contributed by atoms with E-state index in [1.54, 1.807) is 7.11 Å². The van der Waals surface area contributed by atoms with Gasteiger partial charge in [0.1, 0.15) is 5.78 Å². The fourth-order valence-electron chi connectivity index (χ4n) is 2.50. The van der Waals surface area contributed by atoms with Crippen molar-refractivity contribution < 1.29 is 14.3 Å². The van der Waals surface area contributed by atoms with E-state index in [0.717, 1.165) is 35.5 Å². The monoisotopic (exact) mass is 262 g/mol. The number of carbonyl (C=O) groups excluding carboxylic acids is 1. The summed E-state index contributed by atoms with van der Waals surface area (Å²) < 4.78 is 11.3. The van der Waals surface area contributed by atoms with Crippen LogP contribution in [0.4, 0.5) is 0 Å². The van der Waals surface area contributed by atoms with Crippen LogP contribution in [-0.4, -0.2) is 19.0 Å². The van der Waals surface area contributed by atoms with Crippen molar-refractivity contribution in [1.29, 1.82) is 0 Å². The summed E-state index contributed by atoms with van der Waals surface area (Å²) in [4.78, 5) is 12.0. The lowest BCUT2D eigenvalue weighted by Gasteiger charge is -2.19. The molecule has 0 fully saturated rings. The third-order valence-corrected chi connectivity index (χ3v) is 3.64. The van der Waals surface area contributed by atoms with Gasteiger partial charge in [-0.3, -0.25) is 4.79 Å². The maximum atomic E-state index is 12.0. The van der Waals surface area contributed by atoms with Crippen LogP contribution >= 0.6 is 0 Å². The zero-order valence-electron chi connectivity index (χ0n) is 12.2. The summed E-state index contributed by atoms with van der Waals surface area (Å²) in [5.74, 6) is 2.02. The maximum Gasteiger partial charge on any atom is 0.165 e. The predicted molar refractivity (Wildman–Crippen MR) is 75.0 cm³/mol. The molecule has 1 aliphatic carbocycles. The molecule has 0 saturated carbocycles. The van der Waals surface area contributed by atoms with Crippen LogP contribution in [0.25, 0.3) is 0 Å². The Morgan fingerprint density at radius 1 is 1.32 bits per heavy atom. The summed E-state index contributed by atoms with van der Waals surface area (Å²) in [6.45, 7) is 6.01. The van der Waals surface area contributed by atoms with Gasteiger partial charge in [0, 0.05) is 17.9 Å². The zero-order valence-corrected chi connectivity index (χ0v) is 12.2. The zero-order chi connectivity index (χ0) is 14.0. The molecular formula is C16H22O3. The minimum Gasteiger partial charge on any atom is -0.493 e. The molecule has 104 valence electrons. The van der Waals surface area contributed by atoms with Gasteiger partial charge < -0.3 is 9.47 Å². The molecule has 1 atom stereocenters. The molecule has 0 bridgehead atoms. The predicted octanol–water partition coefficient (Wildman–Crippen LogP) is 3.18. The van der Waals surface area contributed by atoms with Gasteiger partial charge in [0.05, 0.1) is 13.2 Å². The Kier molecular flexibility index (Phi) is 4.13. The summed E-state index contributed by atoms with van der Waals surface area (Å²) in [6.07, 6.45) is 2.36. The molecule has 0 aliphatic heterocycles. The lowest BCUT2D eigenvalue weighted by Crippen LogP contribution is -2.11. The van der Waals surface area contributed by atoms with Crippen molar-refractivity contribution in [2.75, 3.05) is 7.11 Å². The van der Waals surface area contributed by atoms with E-state index in [9.17, 15) is 4.79 Å². The fraction of sp³-hybridized carbons (Fsp3) is 0.562. The van der Waals surface area contributed by atoms with Crippen LogP contribution in [0.1, 0.15) is 38.3 Å². The molecule has 0 saturated heterocycles. The van der Waals surface area contributed by atoms with Crippen LogP contribution in [0, 0.1) is 5.92 Å². The highest BCUT2D eigenvalue weighted by atomic mass is 16.5. The van der Waals surface area contributed by atoms with Crippen LogP contribution in [-0.2, 0) is 17.6 Å². The quantitative estimate of drug-likeness (QED) is 0.785. The maximum absolute atomic E-state index is 12.0. The first-order valence-corrected chi connectivity index (χ1v) is 6.91. The Morgan fingerprint density at radius 3 is 2.68 bits per heavy atom. The van der Waals surface area contributed by atoms with Gasteiger partial charge in [0.25, 0.3) is 0 Å². The number of hydrogen-bond acceptors (Lipinski definition) is 3. The lowest BCUT2D eigenvalue weighted by atomic mass is 10.0. The van der Waals surface area contributed by atoms with Crippen molar-refractivity contribution in [3.05, 3.63) is 23.3 Å². The molecule has 3 nitrogen and oxygen atoms in total. The van der Waals surface area contributed by atoms with Crippen molar-refractivity contribution in [3.8, 4) is 11.5 Å². The first-order chi connectivity index (χ1) is 9.02. The summed E-state index contributed by atoms with van der Waals surface area (Å²) >= 11 is 0. The molecule has 0 amide bonds. The highest BCUT2D eigenvalue weighted by Gasteiger charge is 2.24. The number of benzene rings is 1. The summed E-state index contributed by atoms with van der Waals surface area (Å²) in [7, 11) is 1.65. The van der Waals surface area contributed by atoms with Crippen molar-refractivity contribution >= 4 is 5.78 Å². The molecule has 0 spiro atoms. The Balaban J connectivity index is 2.46. The molecule has 0 aromatic heterocycles. The molecule has 19 heavy (non-hydrogen) atoms. The molecule has 1 aromatic carbocycles. The van der Waals surface area contributed by atoms with Crippen molar-refractivity contribution in [1.82, 2.24) is 0 Å². The largest absolute Gasteiger partial charge is 0.493 e. The van der Waals surface area contributed by atoms with Gasteiger partial charge in [-0.25, -0.2) is 0 Å². The molecule has 0 N–H and O–H groups in total. The number of hydrogen-bond donors (Lipinski definition) is 0. The number of Topliss-reactive ketones (excluding diaryl/α,β-unsaturated/α-hetero) is 1. The average molecular weight is 262 g/mol. The highest BCUT2D eigenvalue weighted by molar-refractivity contribution is 5.84. The van der Waals surface area contributed by atoms with E-state index in [-0.39, 0.29) is 12.0 Å². The molecule has 0 heterocycles. The standard InChI is InChI=1S/C16H22O3/c1-10(2)19-16-13-7-5-11(3)14(17)9-12(13)6-8-15(16)18-4/h6,8,10-11H,5,7,9H2,1-4H3. The number of carbonyl (C=O) groups is 1. The number of fused-ring (bicyclic) bond motifs is 1.